The van der Waals surface area contributed by atoms with E-state index in [1.165, 1.54) is 24.8 Å². The van der Waals surface area contributed by atoms with Crippen molar-refractivity contribution in [3.05, 3.63) is 82.9 Å². The average Bonchev–Trinajstić information content (AvgIpc) is 3.17. The number of ether oxygens (including phenoxy) is 2. The molecule has 0 aromatic heterocycles. The van der Waals surface area contributed by atoms with Crippen LogP contribution in [-0.4, -0.2) is 81.9 Å². The lowest BCUT2D eigenvalue weighted by molar-refractivity contribution is -0.124. The number of phenols is 2. The van der Waals surface area contributed by atoms with E-state index in [1.807, 2.05) is 36.4 Å². The number of ketones is 2. The Morgan fingerprint density at radius 2 is 1.80 bits per heavy atom. The number of nitrogens with one attached hydrogen (secondary N) is 2. The second-order valence-corrected chi connectivity index (χ2v) is 16.3. The Hall–Kier alpha value is -3.82. The topological polar surface area (TPSA) is 178 Å². The van der Waals surface area contributed by atoms with Gasteiger partial charge in [-0.15, -0.1) is 0 Å². The molecule has 0 fully saturated rings. The lowest BCUT2D eigenvalue weighted by Gasteiger charge is -2.28. The first-order valence-electron chi connectivity index (χ1n) is 18.7. The molecule has 13 heteroatoms. The van der Waals surface area contributed by atoms with Gasteiger partial charge in [0.25, 0.3) is 0 Å². The third-order valence-electron chi connectivity index (χ3n) is 9.68. The maximum atomic E-state index is 13.9. The van der Waals surface area contributed by atoms with Gasteiger partial charge in [-0.1, -0.05) is 51.9 Å². The predicted molar refractivity (Wildman–Crippen MR) is 220 cm³/mol. The highest BCUT2D eigenvalue weighted by Gasteiger charge is 2.25. The number of hydrogen-bond donors (Lipinski definition) is 7. The molecule has 4 aromatic rings. The van der Waals surface area contributed by atoms with Gasteiger partial charge in [-0.25, -0.2) is 0 Å². The molecule has 4 aromatic carbocycles. The summed E-state index contributed by atoms with van der Waals surface area (Å²) in [7, 11) is 4.64. The maximum absolute atomic E-state index is 13.9. The summed E-state index contributed by atoms with van der Waals surface area (Å²) in [5.41, 5.74) is 5.26. The molecule has 7 N–H and O–H groups in total. The fraction of sp³-hybridized carbons (Fsp3) is 0.429. The molecular weight excluding hydrogens is 741 g/mol. The summed E-state index contributed by atoms with van der Waals surface area (Å²) in [6, 6.07) is 18.1. The molecule has 0 amide bonds. The number of aromatic hydroxyl groups is 2. The zero-order chi connectivity index (χ0) is 39.3. The Morgan fingerprint density at radius 3 is 2.56 bits per heavy atom. The molecule has 0 saturated carbocycles. The van der Waals surface area contributed by atoms with E-state index in [9.17, 15) is 35.1 Å². The van der Waals surface area contributed by atoms with E-state index in [0.29, 0.717) is 72.7 Å². The molecule has 55 heavy (non-hydrogen) atoms. The Labute approximate surface area is 330 Å². The number of benzene rings is 4. The molecule has 3 atom stereocenters. The highest BCUT2D eigenvalue weighted by atomic mass is 33.1. The minimum atomic E-state index is -0.663. The summed E-state index contributed by atoms with van der Waals surface area (Å²) >= 11 is 0. The van der Waals surface area contributed by atoms with Crippen molar-refractivity contribution in [1.29, 1.82) is 0 Å². The fourth-order valence-corrected chi connectivity index (χ4v) is 9.12. The van der Waals surface area contributed by atoms with Crippen molar-refractivity contribution in [2.24, 2.45) is 0 Å². The largest absolute Gasteiger partial charge is 0.508 e. The molecule has 0 radical (unpaired) electrons. The van der Waals surface area contributed by atoms with E-state index >= 15 is 0 Å². The number of Topliss-reactive ketones (excluding diaryl/α,β-unsaturated/α-hetero) is 2. The molecule has 1 heterocycles. The van der Waals surface area contributed by atoms with E-state index in [2.05, 4.69) is 10.6 Å². The van der Waals surface area contributed by atoms with Gasteiger partial charge < -0.3 is 40.3 Å². The number of carbonyl (C=O) groups is 2. The van der Waals surface area contributed by atoms with Crippen LogP contribution >= 0.6 is 21.6 Å². The number of hydrogen-bond acceptors (Lipinski definition) is 13. The molecule has 1 aliphatic heterocycles. The van der Waals surface area contributed by atoms with Gasteiger partial charge in [-0.05, 0) is 109 Å². The smallest absolute Gasteiger partial charge is 0.168 e. The van der Waals surface area contributed by atoms with Crippen molar-refractivity contribution in [2.45, 2.75) is 82.7 Å². The lowest BCUT2D eigenvalue weighted by atomic mass is 9.89. The summed E-state index contributed by atoms with van der Waals surface area (Å²) < 4.78 is 12.5. The maximum Gasteiger partial charge on any atom is 0.168 e. The Kier molecular flexibility index (Phi) is 16.1. The molecule has 1 aliphatic rings. The van der Waals surface area contributed by atoms with Crippen LogP contribution in [0.3, 0.4) is 0 Å². The summed E-state index contributed by atoms with van der Waals surface area (Å²) in [6.07, 6.45) is 0.912. The molecule has 11 nitrogen and oxygen atoms in total. The fourth-order valence-electron chi connectivity index (χ4n) is 6.83. The van der Waals surface area contributed by atoms with E-state index in [1.54, 1.807) is 35.1 Å². The Balaban J connectivity index is 1.46. The monoisotopic (exact) mass is 792 g/mol. The van der Waals surface area contributed by atoms with Gasteiger partial charge in [-0.2, -0.15) is 0 Å². The highest BCUT2D eigenvalue weighted by molar-refractivity contribution is 8.76. The van der Waals surface area contributed by atoms with Gasteiger partial charge in [0.15, 0.2) is 11.5 Å². The van der Waals surface area contributed by atoms with Crippen LogP contribution in [0.2, 0.25) is 0 Å². The second kappa shape index (κ2) is 20.9. The zero-order valence-electron chi connectivity index (χ0n) is 31.4. The molecule has 0 aliphatic carbocycles. The van der Waals surface area contributed by atoms with Crippen molar-refractivity contribution in [3.8, 4) is 28.4 Å². The van der Waals surface area contributed by atoms with Crippen LogP contribution in [0.1, 0.15) is 73.9 Å². The summed E-state index contributed by atoms with van der Waals surface area (Å²) in [4.78, 5) is 25.5. The van der Waals surface area contributed by atoms with E-state index in [-0.39, 0.29) is 55.7 Å². The van der Waals surface area contributed by atoms with Crippen molar-refractivity contribution >= 4 is 49.6 Å². The third kappa shape index (κ3) is 11.6. The number of phenolic OH excluding ortho intramolecular Hbond substituents is 2. The van der Waals surface area contributed by atoms with E-state index < -0.39 is 18.4 Å². The summed E-state index contributed by atoms with van der Waals surface area (Å²) in [6.45, 7) is 1.94. The number of fused-ring (bicyclic) bond motifs is 5. The Morgan fingerprint density at radius 1 is 0.982 bits per heavy atom. The number of rotatable bonds is 13. The number of aryl methyl sites for hydroxylation is 1. The molecule has 0 spiro atoms. The SMILES string of the molecule is COc1c(O)ccc2c1-c1ccc3ccc(O)cc3c1CSSC[C@@H](O)CC[C@@H](O[C@H](NCCCCO)c1ccc(NCC(C)=O)c(CO)c1)CC(=O)CC2. The van der Waals surface area contributed by atoms with Crippen LogP contribution < -0.4 is 15.4 Å². The van der Waals surface area contributed by atoms with Crippen LogP contribution in [0.25, 0.3) is 21.9 Å². The average molecular weight is 793 g/mol. The minimum Gasteiger partial charge on any atom is -0.508 e. The van der Waals surface area contributed by atoms with Gasteiger partial charge in [0, 0.05) is 47.8 Å². The number of methoxy groups -OCH3 is 1. The van der Waals surface area contributed by atoms with E-state index in [0.717, 1.165) is 33.0 Å². The molecule has 0 saturated heterocycles. The lowest BCUT2D eigenvalue weighted by Crippen LogP contribution is -2.31. The van der Waals surface area contributed by atoms with Crippen molar-refractivity contribution < 1.29 is 44.6 Å². The molecule has 5 rings (SSSR count). The van der Waals surface area contributed by atoms with Crippen molar-refractivity contribution in [3.63, 3.8) is 0 Å². The molecular formula is C42H52N2O9S2. The first kappa shape index (κ1) is 42.3. The van der Waals surface area contributed by atoms with Crippen LogP contribution in [-0.2, 0) is 33.1 Å². The number of carbonyl (C=O) groups excluding carboxylic acids is 2. The van der Waals surface area contributed by atoms with Gasteiger partial charge >= 0.3 is 0 Å². The van der Waals surface area contributed by atoms with E-state index in [4.69, 9.17) is 9.47 Å². The molecule has 296 valence electrons. The van der Waals surface area contributed by atoms with Crippen molar-refractivity contribution in [1.82, 2.24) is 5.32 Å². The first-order valence-corrected chi connectivity index (χ1v) is 21.1. The summed E-state index contributed by atoms with van der Waals surface area (Å²) in [5, 5.41) is 60.4. The number of aliphatic hydroxyl groups excluding tert-OH is 3. The van der Waals surface area contributed by atoms with Crippen LogP contribution in [0.4, 0.5) is 5.69 Å². The van der Waals surface area contributed by atoms with Gasteiger partial charge in [-0.3, -0.25) is 14.9 Å². The molecule has 0 unspecified atom stereocenters. The third-order valence-corrected chi connectivity index (χ3v) is 12.0. The van der Waals surface area contributed by atoms with Crippen LogP contribution in [0.15, 0.2) is 60.7 Å². The Bertz CT molecular complexity index is 1920. The number of aliphatic hydroxyl groups is 3. The number of unbranched alkanes of at least 4 members (excludes halogenated alkanes) is 1. The van der Waals surface area contributed by atoms with Gasteiger partial charge in [0.2, 0.25) is 0 Å². The van der Waals surface area contributed by atoms with Gasteiger partial charge in [0.1, 0.15) is 23.5 Å². The number of anilines is 1. The van der Waals surface area contributed by atoms with Crippen molar-refractivity contribution in [2.75, 3.05) is 37.9 Å². The van der Waals surface area contributed by atoms with Gasteiger partial charge in [0.05, 0.1) is 32.5 Å². The second-order valence-electron chi connectivity index (χ2n) is 13.8. The first-order chi connectivity index (χ1) is 26.6. The quantitative estimate of drug-likeness (QED) is 0.0428. The highest BCUT2D eigenvalue weighted by Crippen LogP contribution is 2.45. The predicted octanol–water partition coefficient (Wildman–Crippen LogP) is 6.79. The molecule has 0 bridgehead atoms. The minimum absolute atomic E-state index is 0.0212. The summed E-state index contributed by atoms with van der Waals surface area (Å²) in [5.74, 6) is 1.34. The normalized spacial score (nSPS) is 17.7. The standard InChI is InChI=1S/C42H52N2O9S2/c1-26(47)22-44-38-15-8-29(19-30(38)23-46)42(43-17-3-4-18-45)53-34-13-12-33(50)24-54-55-25-37-35(14-7-27-5-10-32(49)21-36(27)37)40-28(6-11-31(48)20-34)9-16-39(51)41(40)52-2/h5,7-10,14-16,19,21,33-34,42-46,49-51H,3-4,6,11-13,17-18,20,22-25H2,1-2H3/t33-,34+,42-/m0/s1. The van der Waals surface area contributed by atoms with Crippen LogP contribution in [0.5, 0.6) is 17.2 Å². The van der Waals surface area contributed by atoms with Crippen LogP contribution in [0, 0.1) is 0 Å². The zero-order valence-corrected chi connectivity index (χ0v) is 33.0.